The third kappa shape index (κ3) is 3.38. The van der Waals surface area contributed by atoms with Gasteiger partial charge in [0.05, 0.1) is 0 Å². The van der Waals surface area contributed by atoms with E-state index in [0.717, 1.165) is 40.7 Å². The van der Waals surface area contributed by atoms with E-state index in [2.05, 4.69) is 19.2 Å². The molecule has 5 nitrogen and oxygen atoms in total. The van der Waals surface area contributed by atoms with Crippen molar-refractivity contribution in [3.05, 3.63) is 42.5 Å². The van der Waals surface area contributed by atoms with Crippen LogP contribution in [0.25, 0.3) is 21.9 Å². The van der Waals surface area contributed by atoms with Gasteiger partial charge < -0.3 is 19.4 Å². The highest BCUT2D eigenvalue weighted by atomic mass is 16.5. The number of nitrogens with one attached hydrogen (secondary N) is 2. The highest BCUT2D eigenvalue weighted by Gasteiger charge is 2.27. The zero-order chi connectivity index (χ0) is 17.4. The largest absolute Gasteiger partial charge is 0.456 e. The smallest absolute Gasteiger partial charge is 0.279 e. The second kappa shape index (κ2) is 6.50. The van der Waals surface area contributed by atoms with E-state index in [1.165, 1.54) is 4.90 Å². The highest BCUT2D eigenvalue weighted by molar-refractivity contribution is 6.06. The van der Waals surface area contributed by atoms with Crippen molar-refractivity contribution in [2.24, 2.45) is 0 Å². The van der Waals surface area contributed by atoms with Crippen LogP contribution in [0.4, 0.5) is 5.69 Å². The van der Waals surface area contributed by atoms with Gasteiger partial charge in [-0.15, -0.1) is 0 Å². The number of furan rings is 1. The molecule has 0 radical (unpaired) electrons. The minimum Gasteiger partial charge on any atom is -0.456 e. The van der Waals surface area contributed by atoms with E-state index >= 15 is 0 Å². The van der Waals surface area contributed by atoms with Crippen molar-refractivity contribution in [1.29, 1.82) is 0 Å². The molecule has 1 aromatic heterocycles. The number of amides is 1. The Morgan fingerprint density at radius 2 is 1.80 bits per heavy atom. The Hall–Kier alpha value is -2.37. The maximum absolute atomic E-state index is 12.4. The quantitative estimate of drug-likeness (QED) is 0.769. The summed E-state index contributed by atoms with van der Waals surface area (Å²) >= 11 is 0. The fourth-order valence-corrected chi connectivity index (χ4v) is 3.77. The number of anilines is 1. The second-order valence-electron chi connectivity index (χ2n) is 6.95. The molecule has 2 aromatic carbocycles. The lowest BCUT2D eigenvalue weighted by molar-refractivity contribution is -0.907. The lowest BCUT2D eigenvalue weighted by Gasteiger charge is -2.31. The van der Waals surface area contributed by atoms with E-state index in [0.29, 0.717) is 6.54 Å². The van der Waals surface area contributed by atoms with E-state index in [-0.39, 0.29) is 18.1 Å². The van der Waals surface area contributed by atoms with Gasteiger partial charge in [0.2, 0.25) is 0 Å². The maximum atomic E-state index is 12.4. The van der Waals surface area contributed by atoms with Gasteiger partial charge in [-0.05, 0) is 38.1 Å². The molecule has 1 aliphatic heterocycles. The number of morpholine rings is 1. The third-order valence-electron chi connectivity index (χ3n) is 4.69. The molecule has 1 amide bonds. The van der Waals surface area contributed by atoms with Crippen LogP contribution in [0.2, 0.25) is 0 Å². The Labute approximate surface area is 146 Å². The van der Waals surface area contributed by atoms with Gasteiger partial charge in [-0.1, -0.05) is 18.2 Å². The number of ether oxygens (including phenoxy) is 1. The van der Waals surface area contributed by atoms with Crippen molar-refractivity contribution in [2.75, 3.05) is 25.0 Å². The van der Waals surface area contributed by atoms with Gasteiger partial charge >= 0.3 is 0 Å². The summed E-state index contributed by atoms with van der Waals surface area (Å²) < 4.78 is 11.6. The Morgan fingerprint density at radius 1 is 1.08 bits per heavy atom. The summed E-state index contributed by atoms with van der Waals surface area (Å²) in [5, 5.41) is 5.11. The first kappa shape index (κ1) is 16.1. The average molecular weight is 339 g/mol. The van der Waals surface area contributed by atoms with Crippen LogP contribution in [0.1, 0.15) is 13.8 Å². The van der Waals surface area contributed by atoms with Crippen molar-refractivity contribution in [2.45, 2.75) is 26.1 Å². The standard InChI is InChI=1S/C20H22N2O3/c1-13-10-22(11-14(2)24-13)12-20(23)21-15-7-8-19-17(9-15)16-5-3-4-6-18(16)25-19/h3-9,13-14H,10-12H2,1-2H3,(H,21,23)/p+1/t13-,14+. The number of benzene rings is 2. The van der Waals surface area contributed by atoms with Crippen molar-refractivity contribution < 1.29 is 18.8 Å². The fraction of sp³-hybridized carbons (Fsp3) is 0.350. The molecule has 0 bridgehead atoms. The molecular formula is C20H23N2O3+. The van der Waals surface area contributed by atoms with Crippen LogP contribution < -0.4 is 10.2 Å². The van der Waals surface area contributed by atoms with Crippen molar-refractivity contribution in [3.63, 3.8) is 0 Å². The lowest BCUT2D eigenvalue weighted by atomic mass is 10.1. The average Bonchev–Trinajstić information content (AvgIpc) is 2.92. The first-order valence-electron chi connectivity index (χ1n) is 8.78. The molecule has 0 aliphatic carbocycles. The van der Waals surface area contributed by atoms with Gasteiger partial charge in [0, 0.05) is 16.5 Å². The van der Waals surface area contributed by atoms with Crippen LogP contribution in [-0.2, 0) is 9.53 Å². The number of quaternary nitrogens is 1. The SMILES string of the molecule is C[C@@H]1C[NH+](CC(=O)Nc2ccc3oc4ccccc4c3c2)C[C@H](C)O1. The summed E-state index contributed by atoms with van der Waals surface area (Å²) in [6.07, 6.45) is 0.389. The molecule has 2 heterocycles. The van der Waals surface area contributed by atoms with Crippen LogP contribution in [0.5, 0.6) is 0 Å². The van der Waals surface area contributed by atoms with E-state index in [4.69, 9.17) is 9.15 Å². The van der Waals surface area contributed by atoms with Gasteiger partial charge in [0.15, 0.2) is 6.54 Å². The minimum absolute atomic E-state index is 0.0310. The molecule has 25 heavy (non-hydrogen) atoms. The minimum atomic E-state index is 0.0310. The first-order valence-corrected chi connectivity index (χ1v) is 8.78. The Balaban J connectivity index is 1.50. The van der Waals surface area contributed by atoms with Crippen molar-refractivity contribution in [1.82, 2.24) is 0 Å². The van der Waals surface area contributed by atoms with Gasteiger partial charge in [0.25, 0.3) is 5.91 Å². The molecule has 3 aromatic rings. The van der Waals surface area contributed by atoms with E-state index in [9.17, 15) is 4.79 Å². The number of carbonyl (C=O) groups excluding carboxylic acids is 1. The molecule has 130 valence electrons. The van der Waals surface area contributed by atoms with E-state index in [1.54, 1.807) is 0 Å². The number of fused-ring (bicyclic) bond motifs is 3. The fourth-order valence-electron chi connectivity index (χ4n) is 3.77. The number of para-hydroxylation sites is 1. The zero-order valence-electron chi connectivity index (χ0n) is 14.5. The summed E-state index contributed by atoms with van der Waals surface area (Å²) in [6.45, 7) is 6.31. The van der Waals surface area contributed by atoms with Gasteiger partial charge in [0.1, 0.15) is 36.5 Å². The molecule has 1 fully saturated rings. The Morgan fingerprint density at radius 3 is 2.60 bits per heavy atom. The summed E-state index contributed by atoms with van der Waals surface area (Å²) in [5.74, 6) is 0.0310. The molecule has 3 atom stereocenters. The summed E-state index contributed by atoms with van der Waals surface area (Å²) in [5.41, 5.74) is 2.50. The number of hydrogen-bond acceptors (Lipinski definition) is 3. The predicted molar refractivity (Wildman–Crippen MR) is 97.9 cm³/mol. The molecule has 0 spiro atoms. The molecule has 0 saturated carbocycles. The maximum Gasteiger partial charge on any atom is 0.279 e. The number of rotatable bonds is 3. The van der Waals surface area contributed by atoms with E-state index in [1.807, 2.05) is 42.5 Å². The number of carbonyl (C=O) groups is 1. The predicted octanol–water partition coefficient (Wildman–Crippen LogP) is 2.22. The van der Waals surface area contributed by atoms with Crippen LogP contribution in [-0.4, -0.2) is 37.7 Å². The van der Waals surface area contributed by atoms with Crippen LogP contribution >= 0.6 is 0 Å². The highest BCUT2D eigenvalue weighted by Crippen LogP contribution is 2.30. The summed E-state index contributed by atoms with van der Waals surface area (Å²) in [7, 11) is 0. The molecule has 4 rings (SSSR count). The van der Waals surface area contributed by atoms with Gasteiger partial charge in [-0.3, -0.25) is 4.79 Å². The Bertz CT molecular complexity index is 908. The summed E-state index contributed by atoms with van der Waals surface area (Å²) in [4.78, 5) is 13.7. The van der Waals surface area contributed by atoms with Crippen LogP contribution in [0.15, 0.2) is 46.9 Å². The van der Waals surface area contributed by atoms with Crippen LogP contribution in [0, 0.1) is 0 Å². The molecule has 5 heteroatoms. The first-order chi connectivity index (χ1) is 12.1. The molecular weight excluding hydrogens is 316 g/mol. The topological polar surface area (TPSA) is 55.9 Å². The van der Waals surface area contributed by atoms with Gasteiger partial charge in [-0.2, -0.15) is 0 Å². The Kier molecular flexibility index (Phi) is 4.19. The van der Waals surface area contributed by atoms with Gasteiger partial charge in [-0.25, -0.2) is 0 Å². The van der Waals surface area contributed by atoms with Crippen molar-refractivity contribution >= 4 is 33.5 Å². The molecule has 1 saturated heterocycles. The van der Waals surface area contributed by atoms with E-state index < -0.39 is 0 Å². The molecule has 1 aliphatic rings. The molecule has 2 N–H and O–H groups in total. The monoisotopic (exact) mass is 339 g/mol. The molecule has 1 unspecified atom stereocenters. The second-order valence-corrected chi connectivity index (χ2v) is 6.95. The van der Waals surface area contributed by atoms with Crippen LogP contribution in [0.3, 0.4) is 0 Å². The van der Waals surface area contributed by atoms with Crippen molar-refractivity contribution in [3.8, 4) is 0 Å². The lowest BCUT2D eigenvalue weighted by Crippen LogP contribution is -3.16. The third-order valence-corrected chi connectivity index (χ3v) is 4.69. The number of hydrogen-bond donors (Lipinski definition) is 2. The zero-order valence-corrected chi connectivity index (χ0v) is 14.5. The summed E-state index contributed by atoms with van der Waals surface area (Å²) in [6, 6.07) is 13.7. The normalized spacial score (nSPS) is 23.8.